The van der Waals surface area contributed by atoms with E-state index in [-0.39, 0.29) is 18.3 Å². The summed E-state index contributed by atoms with van der Waals surface area (Å²) in [4.78, 5) is 12.1. The van der Waals surface area contributed by atoms with Crippen molar-refractivity contribution in [1.82, 2.24) is 0 Å². The summed E-state index contributed by atoms with van der Waals surface area (Å²) in [5, 5.41) is 9.39. The van der Waals surface area contributed by atoms with Crippen LogP contribution in [0.15, 0.2) is 30.3 Å². The SMILES string of the molecule is CC(C)(CCl)C(=O)C[C@H](CO)Cc1ccccc1. The molecule has 0 aliphatic rings. The van der Waals surface area contributed by atoms with Gasteiger partial charge in [0.05, 0.1) is 0 Å². The lowest BCUT2D eigenvalue weighted by atomic mass is 9.83. The molecule has 0 aliphatic heterocycles. The van der Waals surface area contributed by atoms with Crippen LogP contribution in [0.25, 0.3) is 0 Å². The van der Waals surface area contributed by atoms with Crippen molar-refractivity contribution < 1.29 is 9.90 Å². The van der Waals surface area contributed by atoms with Gasteiger partial charge in [-0.1, -0.05) is 44.2 Å². The average molecular weight is 269 g/mol. The largest absolute Gasteiger partial charge is 0.396 e. The maximum Gasteiger partial charge on any atom is 0.140 e. The van der Waals surface area contributed by atoms with Crippen LogP contribution < -0.4 is 0 Å². The normalized spacial score (nSPS) is 13.3. The molecule has 1 atom stereocenters. The van der Waals surface area contributed by atoms with Gasteiger partial charge in [-0.15, -0.1) is 11.6 Å². The summed E-state index contributed by atoms with van der Waals surface area (Å²) in [6.45, 7) is 3.72. The third-order valence-electron chi connectivity index (χ3n) is 3.19. The van der Waals surface area contributed by atoms with E-state index in [4.69, 9.17) is 11.6 Å². The Labute approximate surface area is 114 Å². The molecule has 0 aromatic heterocycles. The molecule has 0 spiro atoms. The van der Waals surface area contributed by atoms with Gasteiger partial charge in [-0.2, -0.15) is 0 Å². The smallest absolute Gasteiger partial charge is 0.140 e. The van der Waals surface area contributed by atoms with Crippen LogP contribution in [0.1, 0.15) is 25.8 Å². The first-order chi connectivity index (χ1) is 8.49. The van der Waals surface area contributed by atoms with E-state index in [0.29, 0.717) is 12.3 Å². The maximum absolute atomic E-state index is 12.1. The van der Waals surface area contributed by atoms with Crippen molar-refractivity contribution in [3.63, 3.8) is 0 Å². The summed E-state index contributed by atoms with van der Waals surface area (Å²) in [5.41, 5.74) is 0.638. The minimum atomic E-state index is -0.508. The van der Waals surface area contributed by atoms with Crippen molar-refractivity contribution in [2.75, 3.05) is 12.5 Å². The molecule has 0 amide bonds. The first-order valence-electron chi connectivity index (χ1n) is 6.23. The molecule has 0 aliphatic carbocycles. The van der Waals surface area contributed by atoms with E-state index in [1.807, 2.05) is 44.2 Å². The lowest BCUT2D eigenvalue weighted by Crippen LogP contribution is -2.29. The Morgan fingerprint density at radius 2 is 1.94 bits per heavy atom. The molecule has 1 N–H and O–H groups in total. The molecule has 1 aromatic carbocycles. The van der Waals surface area contributed by atoms with Crippen molar-refractivity contribution in [2.45, 2.75) is 26.7 Å². The van der Waals surface area contributed by atoms with E-state index in [1.54, 1.807) is 0 Å². The second kappa shape index (κ2) is 6.91. The van der Waals surface area contributed by atoms with Gasteiger partial charge >= 0.3 is 0 Å². The van der Waals surface area contributed by atoms with Crippen LogP contribution in [-0.4, -0.2) is 23.4 Å². The number of halogens is 1. The van der Waals surface area contributed by atoms with Crippen LogP contribution in [0.5, 0.6) is 0 Å². The Morgan fingerprint density at radius 3 is 2.44 bits per heavy atom. The Bertz CT molecular complexity index is 373. The van der Waals surface area contributed by atoms with Crippen LogP contribution in [0.4, 0.5) is 0 Å². The molecule has 0 bridgehead atoms. The van der Waals surface area contributed by atoms with E-state index in [1.165, 1.54) is 0 Å². The van der Waals surface area contributed by atoms with Crippen molar-refractivity contribution in [3.05, 3.63) is 35.9 Å². The summed E-state index contributed by atoms with van der Waals surface area (Å²) in [7, 11) is 0. The molecule has 0 unspecified atom stereocenters. The van der Waals surface area contributed by atoms with Gasteiger partial charge in [0.25, 0.3) is 0 Å². The molecule has 0 radical (unpaired) electrons. The first-order valence-corrected chi connectivity index (χ1v) is 6.77. The van der Waals surface area contributed by atoms with Gasteiger partial charge in [-0.3, -0.25) is 4.79 Å². The summed E-state index contributed by atoms with van der Waals surface area (Å²) < 4.78 is 0. The highest BCUT2D eigenvalue weighted by atomic mass is 35.5. The quantitative estimate of drug-likeness (QED) is 0.772. The van der Waals surface area contributed by atoms with E-state index in [2.05, 4.69) is 0 Å². The number of carbonyl (C=O) groups is 1. The zero-order valence-corrected chi connectivity index (χ0v) is 11.8. The second-order valence-corrected chi connectivity index (χ2v) is 5.65. The van der Waals surface area contributed by atoms with Gasteiger partial charge in [0.2, 0.25) is 0 Å². The van der Waals surface area contributed by atoms with Gasteiger partial charge in [0.15, 0.2) is 0 Å². The minimum Gasteiger partial charge on any atom is -0.396 e. The molecule has 1 rings (SSSR count). The molecule has 0 fully saturated rings. The fourth-order valence-corrected chi connectivity index (χ4v) is 1.91. The van der Waals surface area contributed by atoms with Crippen LogP contribution in [0, 0.1) is 11.3 Å². The number of carbonyl (C=O) groups excluding carboxylic acids is 1. The van der Waals surface area contributed by atoms with Gasteiger partial charge in [0.1, 0.15) is 5.78 Å². The molecule has 0 saturated heterocycles. The monoisotopic (exact) mass is 268 g/mol. The standard InChI is InChI=1S/C15H21ClO2/c1-15(2,11-16)14(18)9-13(10-17)8-12-6-4-3-5-7-12/h3-7,13,17H,8-11H2,1-2H3/t13-/m1/s1. The molecule has 100 valence electrons. The predicted molar refractivity (Wildman–Crippen MR) is 74.8 cm³/mol. The lowest BCUT2D eigenvalue weighted by Gasteiger charge is -2.22. The van der Waals surface area contributed by atoms with Crippen LogP contribution >= 0.6 is 11.6 Å². The second-order valence-electron chi connectivity index (χ2n) is 5.38. The molecule has 0 saturated carbocycles. The summed E-state index contributed by atoms with van der Waals surface area (Å²) in [6.07, 6.45) is 1.10. The number of aliphatic hydroxyl groups excluding tert-OH is 1. The molecule has 18 heavy (non-hydrogen) atoms. The molecule has 3 heteroatoms. The highest BCUT2D eigenvalue weighted by molar-refractivity contribution is 6.19. The van der Waals surface area contributed by atoms with Crippen molar-refractivity contribution >= 4 is 17.4 Å². The zero-order chi connectivity index (χ0) is 13.6. The zero-order valence-electron chi connectivity index (χ0n) is 11.0. The van der Waals surface area contributed by atoms with Crippen molar-refractivity contribution in [2.24, 2.45) is 11.3 Å². The number of alkyl halides is 1. The molecule has 0 heterocycles. The fourth-order valence-electron chi connectivity index (χ4n) is 1.76. The number of hydrogen-bond acceptors (Lipinski definition) is 2. The van der Waals surface area contributed by atoms with Gasteiger partial charge in [-0.25, -0.2) is 0 Å². The summed E-state index contributed by atoms with van der Waals surface area (Å²) >= 11 is 5.79. The molecule has 2 nitrogen and oxygen atoms in total. The van der Waals surface area contributed by atoms with Gasteiger partial charge in [-0.05, 0) is 17.9 Å². The van der Waals surface area contributed by atoms with E-state index in [9.17, 15) is 9.90 Å². The van der Waals surface area contributed by atoms with Gasteiger partial charge in [0, 0.05) is 24.3 Å². The Balaban J connectivity index is 2.60. The number of ketones is 1. The number of benzene rings is 1. The Kier molecular flexibility index (Phi) is 5.83. The molecular formula is C15H21ClO2. The highest BCUT2D eigenvalue weighted by Crippen LogP contribution is 2.24. The highest BCUT2D eigenvalue weighted by Gasteiger charge is 2.28. The number of hydrogen-bond donors (Lipinski definition) is 1. The Hall–Kier alpha value is -0.860. The van der Waals surface area contributed by atoms with Crippen LogP contribution in [-0.2, 0) is 11.2 Å². The lowest BCUT2D eigenvalue weighted by molar-refractivity contribution is -0.127. The predicted octanol–water partition coefficient (Wildman–Crippen LogP) is 3.06. The first kappa shape index (κ1) is 15.2. The number of aliphatic hydroxyl groups is 1. The maximum atomic E-state index is 12.1. The number of Topliss-reactive ketones (excluding diaryl/α,β-unsaturated/α-hetero) is 1. The average Bonchev–Trinajstić information content (AvgIpc) is 2.38. The van der Waals surface area contributed by atoms with E-state index < -0.39 is 5.41 Å². The Morgan fingerprint density at radius 1 is 1.33 bits per heavy atom. The molecule has 1 aromatic rings. The molecular weight excluding hydrogens is 248 g/mol. The van der Waals surface area contributed by atoms with E-state index >= 15 is 0 Å². The van der Waals surface area contributed by atoms with Crippen LogP contribution in [0.2, 0.25) is 0 Å². The van der Waals surface area contributed by atoms with E-state index in [0.717, 1.165) is 12.0 Å². The summed E-state index contributed by atoms with van der Waals surface area (Å²) in [6, 6.07) is 9.92. The van der Waals surface area contributed by atoms with Crippen molar-refractivity contribution in [1.29, 1.82) is 0 Å². The fraction of sp³-hybridized carbons (Fsp3) is 0.533. The summed E-state index contributed by atoms with van der Waals surface area (Å²) in [5.74, 6) is 0.407. The third-order valence-corrected chi connectivity index (χ3v) is 3.86. The minimum absolute atomic E-state index is 0.0256. The number of rotatable bonds is 7. The third kappa shape index (κ3) is 4.43. The topological polar surface area (TPSA) is 37.3 Å². The van der Waals surface area contributed by atoms with Crippen molar-refractivity contribution in [3.8, 4) is 0 Å². The van der Waals surface area contributed by atoms with Gasteiger partial charge < -0.3 is 5.11 Å². The van der Waals surface area contributed by atoms with Crippen LogP contribution in [0.3, 0.4) is 0 Å².